The minimum absolute atomic E-state index is 0.0440. The Morgan fingerprint density at radius 2 is 1.89 bits per heavy atom. The molecule has 4 rings (SSSR count). The van der Waals surface area contributed by atoms with E-state index in [0.29, 0.717) is 32.3 Å². The molecule has 1 saturated carbocycles. The van der Waals surface area contributed by atoms with Gasteiger partial charge in [-0.3, -0.25) is 9.59 Å². The van der Waals surface area contributed by atoms with E-state index < -0.39 is 0 Å². The fraction of sp³-hybridized carbons (Fsp3) is 0.652. The van der Waals surface area contributed by atoms with Crippen LogP contribution in [-0.4, -0.2) is 49.1 Å². The van der Waals surface area contributed by atoms with Crippen molar-refractivity contribution in [2.24, 2.45) is 11.3 Å². The van der Waals surface area contributed by atoms with Gasteiger partial charge >= 0.3 is 0 Å². The number of hydrogen-bond donors (Lipinski definition) is 1. The van der Waals surface area contributed by atoms with Crippen LogP contribution in [-0.2, 0) is 9.53 Å². The van der Waals surface area contributed by atoms with Gasteiger partial charge in [-0.05, 0) is 44.7 Å². The fourth-order valence-corrected chi connectivity index (χ4v) is 5.28. The molecular weight excluding hydrogens is 352 g/mol. The van der Waals surface area contributed by atoms with Gasteiger partial charge in [0.1, 0.15) is 0 Å². The lowest BCUT2D eigenvalue weighted by Crippen LogP contribution is -2.47. The number of aryl methyl sites for hydroxylation is 1. The second kappa shape index (κ2) is 8.24. The van der Waals surface area contributed by atoms with Gasteiger partial charge in [-0.2, -0.15) is 0 Å². The van der Waals surface area contributed by atoms with Crippen molar-refractivity contribution in [2.45, 2.75) is 57.9 Å². The first-order chi connectivity index (χ1) is 13.6. The average molecular weight is 385 g/mol. The number of carbonyl (C=O) groups excluding carboxylic acids is 2. The van der Waals surface area contributed by atoms with E-state index >= 15 is 0 Å². The quantitative estimate of drug-likeness (QED) is 0.870. The van der Waals surface area contributed by atoms with E-state index in [1.807, 2.05) is 36.1 Å². The van der Waals surface area contributed by atoms with Crippen LogP contribution in [0.2, 0.25) is 0 Å². The van der Waals surface area contributed by atoms with Crippen LogP contribution in [0.4, 0.5) is 0 Å². The molecular formula is C23H32N2O3. The molecule has 3 aliphatic rings. The highest BCUT2D eigenvalue weighted by molar-refractivity contribution is 5.95. The maximum Gasteiger partial charge on any atom is 0.253 e. The third kappa shape index (κ3) is 3.95. The van der Waals surface area contributed by atoms with Crippen LogP contribution in [0.25, 0.3) is 0 Å². The lowest BCUT2D eigenvalue weighted by atomic mass is 9.71. The zero-order chi connectivity index (χ0) is 19.6. The molecule has 1 spiro atoms. The zero-order valence-corrected chi connectivity index (χ0v) is 16.9. The summed E-state index contributed by atoms with van der Waals surface area (Å²) in [7, 11) is 0. The van der Waals surface area contributed by atoms with Crippen LogP contribution in [0.5, 0.6) is 0 Å². The highest BCUT2D eigenvalue weighted by Crippen LogP contribution is 2.45. The number of rotatable bonds is 3. The molecule has 0 radical (unpaired) electrons. The molecule has 2 aliphatic heterocycles. The van der Waals surface area contributed by atoms with Crippen LogP contribution in [0, 0.1) is 18.3 Å². The van der Waals surface area contributed by atoms with Crippen LogP contribution in [0.1, 0.15) is 60.9 Å². The minimum atomic E-state index is -0.142. The first-order valence-electron chi connectivity index (χ1n) is 10.8. The van der Waals surface area contributed by atoms with Gasteiger partial charge in [0.15, 0.2) is 0 Å². The summed E-state index contributed by atoms with van der Waals surface area (Å²) in [6, 6.07) is 8.05. The summed E-state index contributed by atoms with van der Waals surface area (Å²) in [5.74, 6) is 0.0583. The number of carbonyl (C=O) groups is 2. The molecule has 2 heterocycles. The number of hydrogen-bond acceptors (Lipinski definition) is 3. The standard InChI is InChI=1S/C23H32N2O3/c1-17-6-5-7-18(14-17)22(27)25-15-20(23(16-25)10-12-28-13-11-23)21(26)24-19-8-3-2-4-9-19/h5-7,14,19-20H,2-4,8-13,15-16H2,1H3,(H,24,26). The summed E-state index contributed by atoms with van der Waals surface area (Å²) in [4.78, 5) is 28.3. The maximum atomic E-state index is 13.3. The van der Waals surface area contributed by atoms with Crippen LogP contribution in [0.15, 0.2) is 24.3 Å². The van der Waals surface area contributed by atoms with Gasteiger partial charge in [0.25, 0.3) is 5.91 Å². The third-order valence-electron chi connectivity index (χ3n) is 6.96. The van der Waals surface area contributed by atoms with Crippen molar-refractivity contribution in [3.63, 3.8) is 0 Å². The third-order valence-corrected chi connectivity index (χ3v) is 6.96. The number of ether oxygens (including phenoxy) is 1. The van der Waals surface area contributed by atoms with Gasteiger partial charge in [0.05, 0.1) is 5.92 Å². The molecule has 5 heteroatoms. The first kappa shape index (κ1) is 19.4. The molecule has 1 aromatic carbocycles. The molecule has 1 aliphatic carbocycles. The van der Waals surface area contributed by atoms with E-state index in [1.165, 1.54) is 19.3 Å². The molecule has 3 fully saturated rings. The van der Waals surface area contributed by atoms with Gasteiger partial charge in [-0.1, -0.05) is 37.0 Å². The van der Waals surface area contributed by atoms with E-state index in [0.717, 1.165) is 36.8 Å². The van der Waals surface area contributed by atoms with Gasteiger partial charge in [-0.25, -0.2) is 0 Å². The van der Waals surface area contributed by atoms with Crippen molar-refractivity contribution in [3.05, 3.63) is 35.4 Å². The Morgan fingerprint density at radius 3 is 2.61 bits per heavy atom. The lowest BCUT2D eigenvalue weighted by molar-refractivity contribution is -0.130. The van der Waals surface area contributed by atoms with E-state index in [2.05, 4.69) is 5.32 Å². The number of likely N-dealkylation sites (tertiary alicyclic amines) is 1. The van der Waals surface area contributed by atoms with Crippen molar-refractivity contribution in [2.75, 3.05) is 26.3 Å². The summed E-state index contributed by atoms with van der Waals surface area (Å²) in [6.45, 7) is 4.54. The Morgan fingerprint density at radius 1 is 1.14 bits per heavy atom. The Labute approximate surface area is 167 Å². The highest BCUT2D eigenvalue weighted by atomic mass is 16.5. The summed E-state index contributed by atoms with van der Waals surface area (Å²) in [5, 5.41) is 3.32. The molecule has 0 aromatic heterocycles. The minimum Gasteiger partial charge on any atom is -0.381 e. The molecule has 28 heavy (non-hydrogen) atoms. The molecule has 5 nitrogen and oxygen atoms in total. The Balaban J connectivity index is 1.52. The predicted octanol–water partition coefficient (Wildman–Crippen LogP) is 3.31. The van der Waals surface area contributed by atoms with Crippen molar-refractivity contribution >= 4 is 11.8 Å². The molecule has 1 unspecified atom stereocenters. The molecule has 1 N–H and O–H groups in total. The summed E-state index contributed by atoms with van der Waals surface area (Å²) >= 11 is 0. The van der Waals surface area contributed by atoms with Gasteiger partial charge in [-0.15, -0.1) is 0 Å². The van der Waals surface area contributed by atoms with Gasteiger partial charge in [0, 0.05) is 43.3 Å². The van der Waals surface area contributed by atoms with Crippen molar-refractivity contribution in [1.82, 2.24) is 10.2 Å². The average Bonchev–Trinajstić information content (AvgIpc) is 3.07. The molecule has 2 amide bonds. The number of amides is 2. The van der Waals surface area contributed by atoms with Crippen molar-refractivity contribution < 1.29 is 14.3 Å². The predicted molar refractivity (Wildman–Crippen MR) is 108 cm³/mol. The largest absolute Gasteiger partial charge is 0.381 e. The van der Waals surface area contributed by atoms with Crippen LogP contribution < -0.4 is 5.32 Å². The topological polar surface area (TPSA) is 58.6 Å². The lowest BCUT2D eigenvalue weighted by Gasteiger charge is -2.37. The monoisotopic (exact) mass is 384 g/mol. The van der Waals surface area contributed by atoms with E-state index in [1.54, 1.807) is 0 Å². The van der Waals surface area contributed by atoms with Crippen molar-refractivity contribution in [1.29, 1.82) is 0 Å². The summed E-state index contributed by atoms with van der Waals surface area (Å²) in [6.07, 6.45) is 7.55. The van der Waals surface area contributed by atoms with E-state index in [4.69, 9.17) is 4.74 Å². The molecule has 152 valence electrons. The van der Waals surface area contributed by atoms with E-state index in [9.17, 15) is 9.59 Å². The number of benzene rings is 1. The Kier molecular flexibility index (Phi) is 5.72. The molecule has 2 saturated heterocycles. The Hall–Kier alpha value is -1.88. The second-order valence-corrected chi connectivity index (χ2v) is 8.93. The normalized spacial score (nSPS) is 25.0. The molecule has 0 bridgehead atoms. The van der Waals surface area contributed by atoms with Gasteiger partial charge < -0.3 is 15.0 Å². The maximum absolute atomic E-state index is 13.3. The fourth-order valence-electron chi connectivity index (χ4n) is 5.28. The molecule has 1 atom stereocenters. The highest BCUT2D eigenvalue weighted by Gasteiger charge is 2.52. The SMILES string of the molecule is Cc1cccc(C(=O)N2CC(C(=O)NC3CCCCC3)C3(CCOCC3)C2)c1. The summed E-state index contributed by atoms with van der Waals surface area (Å²) in [5.41, 5.74) is 1.66. The van der Waals surface area contributed by atoms with Crippen LogP contribution >= 0.6 is 0 Å². The van der Waals surface area contributed by atoms with Gasteiger partial charge in [0.2, 0.25) is 5.91 Å². The number of nitrogens with one attached hydrogen (secondary N) is 1. The van der Waals surface area contributed by atoms with E-state index in [-0.39, 0.29) is 23.1 Å². The zero-order valence-electron chi connectivity index (χ0n) is 16.9. The summed E-state index contributed by atoms with van der Waals surface area (Å²) < 4.78 is 5.60. The molecule has 1 aromatic rings. The first-order valence-corrected chi connectivity index (χ1v) is 10.8. The number of nitrogens with zero attached hydrogens (tertiary/aromatic N) is 1. The van der Waals surface area contributed by atoms with Crippen molar-refractivity contribution in [3.8, 4) is 0 Å². The Bertz CT molecular complexity index is 720. The second-order valence-electron chi connectivity index (χ2n) is 8.93. The smallest absolute Gasteiger partial charge is 0.253 e. The van der Waals surface area contributed by atoms with Crippen LogP contribution in [0.3, 0.4) is 0 Å².